The second-order valence-electron chi connectivity index (χ2n) is 4.70. The molecule has 2 aromatic rings. The molecule has 0 N–H and O–H groups in total. The summed E-state index contributed by atoms with van der Waals surface area (Å²) in [4.78, 5) is 12.5. The summed E-state index contributed by atoms with van der Waals surface area (Å²) in [6.45, 7) is 0.579. The molecule has 2 nitrogen and oxygen atoms in total. The lowest BCUT2D eigenvalue weighted by Crippen LogP contribution is -2.14. The monoisotopic (exact) mass is 290 g/mol. The molecule has 0 bridgehead atoms. The third kappa shape index (κ3) is 2.29. The van der Waals surface area contributed by atoms with Gasteiger partial charge in [-0.15, -0.1) is 0 Å². The second-order valence-corrected chi connectivity index (χ2v) is 5.14. The Hall–Kier alpha value is -1.87. The van der Waals surface area contributed by atoms with Gasteiger partial charge in [-0.2, -0.15) is 0 Å². The minimum Gasteiger partial charge on any atom is -0.493 e. The Labute approximate surface area is 121 Å². The number of hydrogen-bond acceptors (Lipinski definition) is 2. The molecule has 3 rings (SSSR count). The zero-order valence-electron chi connectivity index (χ0n) is 10.7. The first-order valence-corrected chi connectivity index (χ1v) is 6.79. The SMILES string of the molecule is O=C(c1cc(Cl)ccc1F)c1cccc2c1OCCC2. The molecule has 1 aliphatic rings. The summed E-state index contributed by atoms with van der Waals surface area (Å²) in [5.41, 5.74) is 1.35. The summed E-state index contributed by atoms with van der Waals surface area (Å²) >= 11 is 5.84. The molecule has 0 radical (unpaired) electrons. The quantitative estimate of drug-likeness (QED) is 0.781. The van der Waals surface area contributed by atoms with Crippen LogP contribution >= 0.6 is 11.6 Å². The van der Waals surface area contributed by atoms with Gasteiger partial charge in [0.15, 0.2) is 5.78 Å². The number of para-hydroxylation sites is 1. The molecule has 102 valence electrons. The maximum atomic E-state index is 13.8. The van der Waals surface area contributed by atoms with Gasteiger partial charge in [-0.1, -0.05) is 23.7 Å². The van der Waals surface area contributed by atoms with Crippen LogP contribution in [0, 0.1) is 5.82 Å². The van der Waals surface area contributed by atoms with Gasteiger partial charge in [0.1, 0.15) is 11.6 Å². The third-order valence-electron chi connectivity index (χ3n) is 3.35. The van der Waals surface area contributed by atoms with Gasteiger partial charge in [0, 0.05) is 5.02 Å². The van der Waals surface area contributed by atoms with Crippen LogP contribution in [-0.2, 0) is 6.42 Å². The Morgan fingerprint density at radius 2 is 2.05 bits per heavy atom. The highest BCUT2D eigenvalue weighted by atomic mass is 35.5. The lowest BCUT2D eigenvalue weighted by molar-refractivity contribution is 0.103. The fourth-order valence-electron chi connectivity index (χ4n) is 2.38. The molecule has 20 heavy (non-hydrogen) atoms. The smallest absolute Gasteiger partial charge is 0.199 e. The zero-order chi connectivity index (χ0) is 14.1. The third-order valence-corrected chi connectivity index (χ3v) is 3.59. The molecule has 1 aliphatic heterocycles. The first-order chi connectivity index (χ1) is 9.66. The standard InChI is InChI=1S/C16H12ClFO2/c17-11-6-7-14(18)13(9-11)15(19)12-5-1-3-10-4-2-8-20-16(10)12/h1,3,5-7,9H,2,4,8H2. The summed E-state index contributed by atoms with van der Waals surface area (Å²) < 4.78 is 19.4. The summed E-state index contributed by atoms with van der Waals surface area (Å²) in [6, 6.07) is 9.35. The van der Waals surface area contributed by atoms with Crippen LogP contribution in [0.25, 0.3) is 0 Å². The predicted octanol–water partition coefficient (Wildman–Crippen LogP) is 4.04. The molecule has 2 aromatic carbocycles. The molecule has 0 fully saturated rings. The van der Waals surface area contributed by atoms with Crippen LogP contribution in [0.15, 0.2) is 36.4 Å². The summed E-state index contributed by atoms with van der Waals surface area (Å²) in [5, 5.41) is 0.334. The van der Waals surface area contributed by atoms with Gasteiger partial charge in [-0.05, 0) is 42.7 Å². The molecule has 0 atom stereocenters. The molecular formula is C16H12ClFO2. The maximum Gasteiger partial charge on any atom is 0.199 e. The second kappa shape index (κ2) is 5.25. The highest BCUT2D eigenvalue weighted by Gasteiger charge is 2.22. The number of rotatable bonds is 2. The number of benzene rings is 2. The summed E-state index contributed by atoms with van der Waals surface area (Å²) in [5.74, 6) is -0.403. The van der Waals surface area contributed by atoms with Gasteiger partial charge in [0.2, 0.25) is 0 Å². The molecule has 0 amide bonds. The summed E-state index contributed by atoms with van der Waals surface area (Å²) in [6.07, 6.45) is 1.80. The number of carbonyl (C=O) groups is 1. The molecule has 0 aliphatic carbocycles. The first-order valence-electron chi connectivity index (χ1n) is 6.41. The van der Waals surface area contributed by atoms with Gasteiger partial charge in [0.05, 0.1) is 17.7 Å². The fraction of sp³-hybridized carbons (Fsp3) is 0.188. The van der Waals surface area contributed by atoms with Crippen LogP contribution in [0.3, 0.4) is 0 Å². The molecule has 1 heterocycles. The highest BCUT2D eigenvalue weighted by molar-refractivity contribution is 6.31. The van der Waals surface area contributed by atoms with E-state index in [4.69, 9.17) is 16.3 Å². The predicted molar refractivity (Wildman–Crippen MR) is 75.1 cm³/mol. The van der Waals surface area contributed by atoms with Gasteiger partial charge in [-0.25, -0.2) is 4.39 Å². The number of fused-ring (bicyclic) bond motifs is 1. The van der Waals surface area contributed by atoms with E-state index in [0.717, 1.165) is 18.4 Å². The normalized spacial score (nSPS) is 13.5. The van der Waals surface area contributed by atoms with Crippen molar-refractivity contribution < 1.29 is 13.9 Å². The van der Waals surface area contributed by atoms with E-state index < -0.39 is 11.6 Å². The van der Waals surface area contributed by atoms with Crippen molar-refractivity contribution in [2.45, 2.75) is 12.8 Å². The number of aryl methyl sites for hydroxylation is 1. The van der Waals surface area contributed by atoms with Crippen LogP contribution < -0.4 is 4.74 Å². The maximum absolute atomic E-state index is 13.8. The Morgan fingerprint density at radius 3 is 2.90 bits per heavy atom. The van der Waals surface area contributed by atoms with Crippen molar-refractivity contribution >= 4 is 17.4 Å². The largest absolute Gasteiger partial charge is 0.493 e. The van der Waals surface area contributed by atoms with E-state index in [2.05, 4.69) is 0 Å². The Morgan fingerprint density at radius 1 is 1.20 bits per heavy atom. The van der Waals surface area contributed by atoms with Crippen molar-refractivity contribution in [2.75, 3.05) is 6.61 Å². The van der Waals surface area contributed by atoms with Crippen LogP contribution in [0.1, 0.15) is 27.9 Å². The van der Waals surface area contributed by atoms with Crippen molar-refractivity contribution in [1.82, 2.24) is 0 Å². The number of halogens is 2. The minimum absolute atomic E-state index is 0.0277. The van der Waals surface area contributed by atoms with Crippen LogP contribution in [0.4, 0.5) is 4.39 Å². The van der Waals surface area contributed by atoms with Gasteiger partial charge in [-0.3, -0.25) is 4.79 Å². The van der Waals surface area contributed by atoms with E-state index in [0.29, 0.717) is 22.9 Å². The zero-order valence-corrected chi connectivity index (χ0v) is 11.4. The van der Waals surface area contributed by atoms with Crippen LogP contribution in [0.2, 0.25) is 5.02 Å². The number of hydrogen-bond donors (Lipinski definition) is 0. The molecular weight excluding hydrogens is 279 g/mol. The average Bonchev–Trinajstić information content (AvgIpc) is 2.48. The average molecular weight is 291 g/mol. The topological polar surface area (TPSA) is 26.3 Å². The summed E-state index contributed by atoms with van der Waals surface area (Å²) in [7, 11) is 0. The van der Waals surface area contributed by atoms with Gasteiger partial charge >= 0.3 is 0 Å². The minimum atomic E-state index is -0.576. The van der Waals surface area contributed by atoms with Crippen molar-refractivity contribution in [1.29, 1.82) is 0 Å². The molecule has 0 saturated carbocycles. The van der Waals surface area contributed by atoms with E-state index in [1.165, 1.54) is 18.2 Å². The molecule has 0 saturated heterocycles. The van der Waals surface area contributed by atoms with Gasteiger partial charge < -0.3 is 4.74 Å². The van der Waals surface area contributed by atoms with E-state index in [-0.39, 0.29) is 5.56 Å². The Kier molecular flexibility index (Phi) is 3.45. The number of carbonyl (C=O) groups excluding carboxylic acids is 1. The van der Waals surface area contributed by atoms with Crippen molar-refractivity contribution in [3.05, 3.63) is 63.9 Å². The lowest BCUT2D eigenvalue weighted by atomic mass is 9.96. The van der Waals surface area contributed by atoms with Crippen molar-refractivity contribution in [2.24, 2.45) is 0 Å². The molecule has 0 unspecified atom stereocenters. The van der Waals surface area contributed by atoms with Crippen LogP contribution in [-0.4, -0.2) is 12.4 Å². The van der Waals surface area contributed by atoms with E-state index >= 15 is 0 Å². The Bertz CT molecular complexity index is 682. The van der Waals surface area contributed by atoms with Crippen LogP contribution in [0.5, 0.6) is 5.75 Å². The first kappa shape index (κ1) is 13.1. The fourth-order valence-corrected chi connectivity index (χ4v) is 2.56. The highest BCUT2D eigenvalue weighted by Crippen LogP contribution is 2.31. The van der Waals surface area contributed by atoms with Crippen molar-refractivity contribution in [3.63, 3.8) is 0 Å². The van der Waals surface area contributed by atoms with E-state index in [1.807, 2.05) is 6.07 Å². The molecule has 4 heteroatoms. The van der Waals surface area contributed by atoms with E-state index in [9.17, 15) is 9.18 Å². The Balaban J connectivity index is 2.09. The molecule has 0 spiro atoms. The molecule has 0 aromatic heterocycles. The number of ether oxygens (including phenoxy) is 1. The van der Waals surface area contributed by atoms with Crippen molar-refractivity contribution in [3.8, 4) is 5.75 Å². The number of ketones is 1. The van der Waals surface area contributed by atoms with Gasteiger partial charge in [0.25, 0.3) is 0 Å². The van der Waals surface area contributed by atoms with E-state index in [1.54, 1.807) is 12.1 Å². The lowest BCUT2D eigenvalue weighted by Gasteiger charge is -2.19.